The fourth-order valence-electron chi connectivity index (χ4n) is 1.79. The molecule has 0 aromatic rings. The van der Waals surface area contributed by atoms with Crippen molar-refractivity contribution in [1.82, 2.24) is 5.32 Å². The van der Waals surface area contributed by atoms with Crippen molar-refractivity contribution in [2.24, 2.45) is 0 Å². The molecule has 1 fully saturated rings. The van der Waals surface area contributed by atoms with E-state index in [0.717, 1.165) is 13.0 Å². The largest absolute Gasteiger partial charge is 0.374 e. The second kappa shape index (κ2) is 6.33. The summed E-state index contributed by atoms with van der Waals surface area (Å²) in [6.45, 7) is 2.99. The molecule has 1 saturated heterocycles. The van der Waals surface area contributed by atoms with E-state index in [4.69, 9.17) is 4.74 Å². The minimum Gasteiger partial charge on any atom is -0.374 e. The molecule has 13 heavy (non-hydrogen) atoms. The molecule has 0 aromatic heterocycles. The van der Waals surface area contributed by atoms with Gasteiger partial charge in [0.25, 0.3) is 0 Å². The molecule has 0 bridgehead atoms. The third-order valence-electron chi connectivity index (χ3n) is 2.52. The first-order valence-corrected chi connectivity index (χ1v) is 5.27. The van der Waals surface area contributed by atoms with Crippen molar-refractivity contribution < 1.29 is 9.13 Å². The van der Waals surface area contributed by atoms with Crippen molar-refractivity contribution in [3.63, 3.8) is 0 Å². The predicted octanol–water partition coefficient (Wildman–Crippen LogP) is 1.89. The molecular weight excluding hydrogens is 169 g/mol. The molecule has 1 aliphatic rings. The first kappa shape index (κ1) is 10.9. The van der Waals surface area contributed by atoms with Gasteiger partial charge in [0.2, 0.25) is 0 Å². The molecule has 1 heterocycles. The van der Waals surface area contributed by atoms with E-state index in [1.807, 2.05) is 0 Å². The Morgan fingerprint density at radius 1 is 1.54 bits per heavy atom. The van der Waals surface area contributed by atoms with Crippen LogP contribution in [0.5, 0.6) is 0 Å². The highest BCUT2D eigenvalue weighted by atomic mass is 19.1. The molecular formula is C10H20FNO. The highest BCUT2D eigenvalue weighted by Gasteiger charge is 2.23. The fraction of sp³-hybridized carbons (Fsp3) is 1.00. The van der Waals surface area contributed by atoms with Crippen molar-refractivity contribution >= 4 is 0 Å². The van der Waals surface area contributed by atoms with Crippen LogP contribution in [-0.4, -0.2) is 32.0 Å². The van der Waals surface area contributed by atoms with Crippen LogP contribution < -0.4 is 5.32 Å². The van der Waals surface area contributed by atoms with Crippen LogP contribution in [0.4, 0.5) is 4.39 Å². The van der Waals surface area contributed by atoms with Crippen molar-refractivity contribution in [3.8, 4) is 0 Å². The van der Waals surface area contributed by atoms with Crippen molar-refractivity contribution in [1.29, 1.82) is 0 Å². The molecule has 0 aliphatic carbocycles. The smallest absolute Gasteiger partial charge is 0.113 e. The van der Waals surface area contributed by atoms with E-state index in [-0.39, 0.29) is 19.4 Å². The number of hydrogen-bond acceptors (Lipinski definition) is 2. The monoisotopic (exact) mass is 189 g/mol. The molecule has 78 valence electrons. The standard InChI is InChI=1S/C10H20FNO/c1-2-3-4-9-7-10(8-12-9)13-6-5-11/h9-10,12H,2-8H2,1H3/t9-,10-/m1/s1. The van der Waals surface area contributed by atoms with Crippen LogP contribution in [0.25, 0.3) is 0 Å². The van der Waals surface area contributed by atoms with Crippen LogP contribution in [0.15, 0.2) is 0 Å². The maximum Gasteiger partial charge on any atom is 0.113 e. The van der Waals surface area contributed by atoms with Gasteiger partial charge in [0.05, 0.1) is 12.7 Å². The highest BCUT2D eigenvalue weighted by molar-refractivity contribution is 4.81. The molecule has 0 aromatic carbocycles. The van der Waals surface area contributed by atoms with Gasteiger partial charge in [0.1, 0.15) is 6.67 Å². The SMILES string of the molecule is CCCC[C@@H]1C[C@@H](OCCF)CN1. The average molecular weight is 189 g/mol. The molecule has 1 rings (SSSR count). The molecule has 0 amide bonds. The Bertz CT molecular complexity index is 118. The normalized spacial score (nSPS) is 28.2. The maximum atomic E-state index is 11.8. The van der Waals surface area contributed by atoms with Gasteiger partial charge in [-0.3, -0.25) is 0 Å². The Labute approximate surface area is 79.8 Å². The Morgan fingerprint density at radius 3 is 3.08 bits per heavy atom. The summed E-state index contributed by atoms with van der Waals surface area (Å²) in [5, 5.41) is 3.40. The van der Waals surface area contributed by atoms with Crippen LogP contribution in [0, 0.1) is 0 Å². The number of ether oxygens (including phenoxy) is 1. The summed E-state index contributed by atoms with van der Waals surface area (Å²) in [5.41, 5.74) is 0. The Kier molecular flexibility index (Phi) is 5.32. The molecule has 1 aliphatic heterocycles. The second-order valence-electron chi connectivity index (χ2n) is 3.66. The van der Waals surface area contributed by atoms with E-state index >= 15 is 0 Å². The summed E-state index contributed by atoms with van der Waals surface area (Å²) in [7, 11) is 0. The maximum absolute atomic E-state index is 11.8. The van der Waals surface area contributed by atoms with Gasteiger partial charge < -0.3 is 10.1 Å². The van der Waals surface area contributed by atoms with E-state index in [0.29, 0.717) is 6.04 Å². The number of hydrogen-bond donors (Lipinski definition) is 1. The van der Waals surface area contributed by atoms with Crippen LogP contribution in [0.1, 0.15) is 32.6 Å². The second-order valence-corrected chi connectivity index (χ2v) is 3.66. The van der Waals surface area contributed by atoms with Gasteiger partial charge in [-0.15, -0.1) is 0 Å². The summed E-state index contributed by atoms with van der Waals surface area (Å²) in [6.07, 6.45) is 5.05. The van der Waals surface area contributed by atoms with Crippen LogP contribution >= 0.6 is 0 Å². The van der Waals surface area contributed by atoms with E-state index in [1.165, 1.54) is 19.3 Å². The van der Waals surface area contributed by atoms with E-state index in [2.05, 4.69) is 12.2 Å². The van der Waals surface area contributed by atoms with Crippen molar-refractivity contribution in [2.75, 3.05) is 19.8 Å². The van der Waals surface area contributed by atoms with Gasteiger partial charge in [-0.1, -0.05) is 19.8 Å². The molecule has 3 heteroatoms. The zero-order valence-electron chi connectivity index (χ0n) is 8.39. The quantitative estimate of drug-likeness (QED) is 0.689. The molecule has 2 nitrogen and oxygen atoms in total. The van der Waals surface area contributed by atoms with Gasteiger partial charge in [-0.25, -0.2) is 4.39 Å². The first-order chi connectivity index (χ1) is 6.36. The number of halogens is 1. The van der Waals surface area contributed by atoms with Crippen molar-refractivity contribution in [2.45, 2.75) is 44.8 Å². The Hall–Kier alpha value is -0.150. The van der Waals surface area contributed by atoms with Crippen molar-refractivity contribution in [3.05, 3.63) is 0 Å². The topological polar surface area (TPSA) is 21.3 Å². The third-order valence-corrected chi connectivity index (χ3v) is 2.52. The van der Waals surface area contributed by atoms with E-state index in [1.54, 1.807) is 0 Å². The van der Waals surface area contributed by atoms with Gasteiger partial charge >= 0.3 is 0 Å². The minimum atomic E-state index is -0.365. The van der Waals surface area contributed by atoms with Gasteiger partial charge in [0, 0.05) is 12.6 Å². The zero-order chi connectivity index (χ0) is 9.52. The van der Waals surface area contributed by atoms with Crippen LogP contribution in [0.3, 0.4) is 0 Å². The predicted molar refractivity (Wildman–Crippen MR) is 51.6 cm³/mol. The van der Waals surface area contributed by atoms with E-state index < -0.39 is 0 Å². The molecule has 2 atom stereocenters. The summed E-state index contributed by atoms with van der Waals surface area (Å²) in [6, 6.07) is 0.601. The minimum absolute atomic E-state index is 0.248. The number of nitrogens with one attached hydrogen (secondary N) is 1. The van der Waals surface area contributed by atoms with E-state index in [9.17, 15) is 4.39 Å². The lowest BCUT2D eigenvalue weighted by atomic mass is 10.1. The average Bonchev–Trinajstić information content (AvgIpc) is 2.59. The Morgan fingerprint density at radius 2 is 2.38 bits per heavy atom. The van der Waals surface area contributed by atoms with Gasteiger partial charge in [-0.2, -0.15) is 0 Å². The molecule has 0 radical (unpaired) electrons. The lowest BCUT2D eigenvalue weighted by molar-refractivity contribution is 0.0555. The zero-order valence-corrected chi connectivity index (χ0v) is 8.39. The summed E-state index contributed by atoms with van der Waals surface area (Å²) in [4.78, 5) is 0. The lowest BCUT2D eigenvalue weighted by Gasteiger charge is -2.09. The Balaban J connectivity index is 2.05. The van der Waals surface area contributed by atoms with Crippen LogP contribution in [0.2, 0.25) is 0 Å². The number of unbranched alkanes of at least 4 members (excludes halogenated alkanes) is 1. The molecule has 0 spiro atoms. The van der Waals surface area contributed by atoms with Gasteiger partial charge in [-0.05, 0) is 12.8 Å². The molecule has 0 saturated carbocycles. The molecule has 0 unspecified atom stereocenters. The highest BCUT2D eigenvalue weighted by Crippen LogP contribution is 2.15. The summed E-state index contributed by atoms with van der Waals surface area (Å²) in [5.74, 6) is 0. The fourth-order valence-corrected chi connectivity index (χ4v) is 1.79. The first-order valence-electron chi connectivity index (χ1n) is 5.27. The van der Waals surface area contributed by atoms with Gasteiger partial charge in [0.15, 0.2) is 0 Å². The number of rotatable bonds is 6. The third kappa shape index (κ3) is 4.05. The summed E-state index contributed by atoms with van der Waals surface area (Å²) < 4.78 is 17.1. The lowest BCUT2D eigenvalue weighted by Crippen LogP contribution is -2.21. The summed E-state index contributed by atoms with van der Waals surface area (Å²) >= 11 is 0. The van der Waals surface area contributed by atoms with Crippen LogP contribution in [-0.2, 0) is 4.74 Å². The number of alkyl halides is 1. The molecule has 1 N–H and O–H groups in total.